The maximum Gasteiger partial charge on any atom is 0.161 e. The van der Waals surface area contributed by atoms with Gasteiger partial charge in [0.1, 0.15) is 11.2 Å². The third kappa shape index (κ3) is 5.56. The Kier molecular flexibility index (Phi) is 7.47. The zero-order valence-electron chi connectivity index (χ0n) is 28.8. The van der Waals surface area contributed by atoms with Crippen molar-refractivity contribution in [1.29, 1.82) is 0 Å². The van der Waals surface area contributed by atoms with Gasteiger partial charge in [0.15, 0.2) is 5.82 Å². The highest BCUT2D eigenvalue weighted by Gasteiger charge is 2.20. The first kappa shape index (κ1) is 30.7. The normalized spacial score (nSPS) is 11.4. The van der Waals surface area contributed by atoms with Crippen molar-refractivity contribution in [3.8, 4) is 67.3 Å². The standard InChI is InChI=1S/C50H32N2O/c1-4-15-33(16-5-1)36-21-14-22-38(29-36)46-32-47(41-25-12-10-23-39(41)35-19-8-3-9-20-35)52-50(51-46)45-31-44-43-30-37(34-17-6-2-7-18-34)27-28-48(43)53-49(44)42-26-13-11-24-40(42)45/h1-32H. The molecule has 0 aliphatic rings. The molecule has 0 spiro atoms. The quantitative estimate of drug-likeness (QED) is 0.176. The average Bonchev–Trinajstić information content (AvgIpc) is 3.62. The molecular weight excluding hydrogens is 645 g/mol. The summed E-state index contributed by atoms with van der Waals surface area (Å²) < 4.78 is 6.61. The van der Waals surface area contributed by atoms with Crippen LogP contribution in [0.2, 0.25) is 0 Å². The fourth-order valence-corrected chi connectivity index (χ4v) is 7.51. The Morgan fingerprint density at radius 2 is 0.868 bits per heavy atom. The summed E-state index contributed by atoms with van der Waals surface area (Å²) in [5.41, 5.74) is 13.4. The minimum atomic E-state index is 0.664. The van der Waals surface area contributed by atoms with E-state index in [-0.39, 0.29) is 0 Å². The van der Waals surface area contributed by atoms with Crippen molar-refractivity contribution in [1.82, 2.24) is 9.97 Å². The molecule has 0 aliphatic carbocycles. The van der Waals surface area contributed by atoms with Gasteiger partial charge in [-0.1, -0.05) is 164 Å². The highest BCUT2D eigenvalue weighted by molar-refractivity contribution is 6.19. The lowest BCUT2D eigenvalue weighted by Gasteiger charge is -2.14. The second-order valence-corrected chi connectivity index (χ2v) is 13.3. The smallest absolute Gasteiger partial charge is 0.161 e. The molecule has 0 aliphatic heterocycles. The summed E-state index contributed by atoms with van der Waals surface area (Å²) in [6, 6.07) is 67.9. The Balaban J connectivity index is 1.24. The molecule has 0 amide bonds. The average molecular weight is 677 g/mol. The van der Waals surface area contributed by atoms with Crippen LogP contribution in [0.3, 0.4) is 0 Å². The van der Waals surface area contributed by atoms with E-state index >= 15 is 0 Å². The van der Waals surface area contributed by atoms with Crippen molar-refractivity contribution in [3.05, 3.63) is 194 Å². The van der Waals surface area contributed by atoms with Crippen molar-refractivity contribution in [2.75, 3.05) is 0 Å². The third-order valence-corrected chi connectivity index (χ3v) is 10.1. The van der Waals surface area contributed by atoms with E-state index < -0.39 is 0 Å². The molecule has 0 N–H and O–H groups in total. The molecule has 2 aromatic heterocycles. The number of rotatable bonds is 6. The van der Waals surface area contributed by atoms with Crippen LogP contribution in [0.5, 0.6) is 0 Å². The van der Waals surface area contributed by atoms with Crippen LogP contribution < -0.4 is 0 Å². The van der Waals surface area contributed by atoms with Crippen molar-refractivity contribution in [2.24, 2.45) is 0 Å². The molecule has 3 heteroatoms. The number of hydrogen-bond acceptors (Lipinski definition) is 3. The minimum Gasteiger partial charge on any atom is -0.455 e. The zero-order valence-corrected chi connectivity index (χ0v) is 28.8. The van der Waals surface area contributed by atoms with E-state index in [0.29, 0.717) is 5.82 Å². The van der Waals surface area contributed by atoms with Crippen LogP contribution in [0.4, 0.5) is 0 Å². The summed E-state index contributed by atoms with van der Waals surface area (Å²) in [4.78, 5) is 10.8. The molecule has 0 saturated heterocycles. The maximum absolute atomic E-state index is 6.61. The highest BCUT2D eigenvalue weighted by Crippen LogP contribution is 2.42. The van der Waals surface area contributed by atoms with Gasteiger partial charge in [-0.05, 0) is 69.1 Å². The molecule has 10 aromatic rings. The van der Waals surface area contributed by atoms with Crippen molar-refractivity contribution in [2.45, 2.75) is 0 Å². The third-order valence-electron chi connectivity index (χ3n) is 10.1. The first-order valence-electron chi connectivity index (χ1n) is 17.9. The summed E-state index contributed by atoms with van der Waals surface area (Å²) in [6.07, 6.45) is 0. The number of furan rings is 1. The molecule has 0 saturated carbocycles. The van der Waals surface area contributed by atoms with Gasteiger partial charge < -0.3 is 4.42 Å². The summed E-state index contributed by atoms with van der Waals surface area (Å²) in [5.74, 6) is 0.664. The topological polar surface area (TPSA) is 38.9 Å². The predicted molar refractivity (Wildman–Crippen MR) is 219 cm³/mol. The molecule has 0 fully saturated rings. The summed E-state index contributed by atoms with van der Waals surface area (Å²) in [7, 11) is 0. The van der Waals surface area contributed by atoms with E-state index in [4.69, 9.17) is 14.4 Å². The molecule has 0 bridgehead atoms. The van der Waals surface area contributed by atoms with Gasteiger partial charge >= 0.3 is 0 Å². The van der Waals surface area contributed by atoms with Gasteiger partial charge in [-0.3, -0.25) is 0 Å². The SMILES string of the molecule is c1ccc(-c2cccc(-c3cc(-c4ccccc4-c4ccccc4)nc(-c4cc5c6cc(-c7ccccc7)ccc6oc5c5ccccc45)n3)c2)cc1. The van der Waals surface area contributed by atoms with Gasteiger partial charge in [0, 0.05) is 32.8 Å². The van der Waals surface area contributed by atoms with E-state index in [2.05, 4.69) is 182 Å². The summed E-state index contributed by atoms with van der Waals surface area (Å²) in [5, 5.41) is 4.18. The lowest BCUT2D eigenvalue weighted by Crippen LogP contribution is -1.98. The van der Waals surface area contributed by atoms with Crippen molar-refractivity contribution < 1.29 is 4.42 Å². The Morgan fingerprint density at radius 3 is 1.60 bits per heavy atom. The molecule has 10 rings (SSSR count). The number of benzene rings is 8. The van der Waals surface area contributed by atoms with E-state index in [1.54, 1.807) is 0 Å². The molecule has 8 aromatic carbocycles. The van der Waals surface area contributed by atoms with Crippen molar-refractivity contribution >= 4 is 32.7 Å². The Morgan fingerprint density at radius 1 is 0.302 bits per heavy atom. The Bertz CT molecular complexity index is 2930. The highest BCUT2D eigenvalue weighted by atomic mass is 16.3. The number of aromatic nitrogens is 2. The first-order chi connectivity index (χ1) is 26.3. The fraction of sp³-hybridized carbons (Fsp3) is 0. The van der Waals surface area contributed by atoms with Crippen molar-refractivity contribution in [3.63, 3.8) is 0 Å². The molecule has 53 heavy (non-hydrogen) atoms. The van der Waals surface area contributed by atoms with Crippen LogP contribution in [0.1, 0.15) is 0 Å². The predicted octanol–water partition coefficient (Wildman–Crippen LogP) is 13.5. The molecule has 248 valence electrons. The zero-order chi connectivity index (χ0) is 35.1. The molecule has 2 heterocycles. The van der Waals surface area contributed by atoms with Gasteiger partial charge in [0.2, 0.25) is 0 Å². The van der Waals surface area contributed by atoms with Gasteiger partial charge in [0.25, 0.3) is 0 Å². The van der Waals surface area contributed by atoms with Gasteiger partial charge in [-0.15, -0.1) is 0 Å². The lowest BCUT2D eigenvalue weighted by molar-refractivity contribution is 0.673. The second-order valence-electron chi connectivity index (χ2n) is 13.3. The van der Waals surface area contributed by atoms with E-state index in [9.17, 15) is 0 Å². The Labute approximate surface area is 307 Å². The maximum atomic E-state index is 6.61. The molecule has 0 atom stereocenters. The molecular formula is C50H32N2O. The molecule has 0 radical (unpaired) electrons. The van der Waals surface area contributed by atoms with Gasteiger partial charge in [-0.2, -0.15) is 0 Å². The number of hydrogen-bond donors (Lipinski definition) is 0. The Hall–Kier alpha value is -7.10. The van der Waals surface area contributed by atoms with Crippen LogP contribution >= 0.6 is 0 Å². The van der Waals surface area contributed by atoms with Crippen LogP contribution in [0.25, 0.3) is 100.0 Å². The number of nitrogens with zero attached hydrogens (tertiary/aromatic N) is 2. The first-order valence-corrected chi connectivity index (χ1v) is 17.9. The summed E-state index contributed by atoms with van der Waals surface area (Å²) >= 11 is 0. The van der Waals surface area contributed by atoms with E-state index in [0.717, 1.165) is 88.6 Å². The van der Waals surface area contributed by atoms with Gasteiger partial charge in [0.05, 0.1) is 11.4 Å². The van der Waals surface area contributed by atoms with Crippen LogP contribution in [-0.4, -0.2) is 9.97 Å². The second kappa shape index (κ2) is 12.9. The lowest BCUT2D eigenvalue weighted by atomic mass is 9.95. The molecule has 0 unspecified atom stereocenters. The monoisotopic (exact) mass is 676 g/mol. The summed E-state index contributed by atoms with van der Waals surface area (Å²) in [6.45, 7) is 0. The van der Waals surface area contributed by atoms with Crippen LogP contribution in [-0.2, 0) is 0 Å². The molecule has 3 nitrogen and oxygen atoms in total. The fourth-order valence-electron chi connectivity index (χ4n) is 7.51. The van der Waals surface area contributed by atoms with E-state index in [1.807, 2.05) is 12.1 Å². The van der Waals surface area contributed by atoms with Crippen LogP contribution in [0.15, 0.2) is 199 Å². The number of fused-ring (bicyclic) bond motifs is 5. The largest absolute Gasteiger partial charge is 0.455 e. The minimum absolute atomic E-state index is 0.664. The van der Waals surface area contributed by atoms with E-state index in [1.165, 1.54) is 5.56 Å². The van der Waals surface area contributed by atoms with Crippen LogP contribution in [0, 0.1) is 0 Å². The van der Waals surface area contributed by atoms with Gasteiger partial charge in [-0.25, -0.2) is 9.97 Å².